The fourth-order valence-corrected chi connectivity index (χ4v) is 3.26. The highest BCUT2D eigenvalue weighted by Crippen LogP contribution is 2.37. The van der Waals surface area contributed by atoms with E-state index in [0.717, 1.165) is 11.3 Å². The van der Waals surface area contributed by atoms with Gasteiger partial charge in [0, 0.05) is 18.2 Å². The molecule has 3 heterocycles. The molecule has 1 aliphatic heterocycles. The lowest BCUT2D eigenvalue weighted by Crippen LogP contribution is -2.30. The second-order valence-electron chi connectivity index (χ2n) is 5.82. The maximum atomic E-state index is 13.1. The molecule has 23 heavy (non-hydrogen) atoms. The first-order chi connectivity index (χ1) is 11.1. The van der Waals surface area contributed by atoms with Crippen LogP contribution in [-0.2, 0) is 0 Å². The van der Waals surface area contributed by atoms with Gasteiger partial charge in [-0.25, -0.2) is 4.98 Å². The van der Waals surface area contributed by atoms with Gasteiger partial charge in [0.2, 0.25) is 5.71 Å². The van der Waals surface area contributed by atoms with E-state index in [1.807, 2.05) is 24.3 Å². The minimum atomic E-state index is -0.365. The largest absolute Gasteiger partial charge is 0.442 e. The number of benzene rings is 1. The lowest BCUT2D eigenvalue weighted by molar-refractivity contribution is 0.0988. The van der Waals surface area contributed by atoms with Gasteiger partial charge in [-0.3, -0.25) is 9.59 Å². The number of rotatable bonds is 1. The third kappa shape index (κ3) is 1.91. The summed E-state index contributed by atoms with van der Waals surface area (Å²) in [6.07, 6.45) is 1.27. The van der Waals surface area contributed by atoms with Crippen LogP contribution in [0.4, 0.5) is 5.69 Å². The van der Waals surface area contributed by atoms with E-state index < -0.39 is 0 Å². The van der Waals surface area contributed by atoms with E-state index in [0.29, 0.717) is 17.9 Å². The van der Waals surface area contributed by atoms with Crippen molar-refractivity contribution < 1.29 is 9.21 Å². The van der Waals surface area contributed by atoms with Gasteiger partial charge in [0.15, 0.2) is 0 Å². The minimum Gasteiger partial charge on any atom is -0.442 e. The molecular formula is C17H15N3O3. The number of nitrogens with zero attached hydrogens (tertiary/aromatic N) is 2. The molecule has 0 bridgehead atoms. The van der Waals surface area contributed by atoms with Crippen molar-refractivity contribution in [3.63, 3.8) is 0 Å². The van der Waals surface area contributed by atoms with Crippen molar-refractivity contribution in [1.29, 1.82) is 0 Å². The van der Waals surface area contributed by atoms with E-state index in [9.17, 15) is 9.59 Å². The number of fused-ring (bicyclic) bond motifs is 2. The van der Waals surface area contributed by atoms with E-state index >= 15 is 0 Å². The van der Waals surface area contributed by atoms with Crippen LogP contribution in [-0.4, -0.2) is 22.4 Å². The van der Waals surface area contributed by atoms with Gasteiger partial charge in [-0.2, -0.15) is 0 Å². The number of amides is 1. The highest BCUT2D eigenvalue weighted by molar-refractivity contribution is 6.14. The van der Waals surface area contributed by atoms with Crippen molar-refractivity contribution >= 4 is 22.7 Å². The first-order valence-corrected chi connectivity index (χ1v) is 7.45. The molecular weight excluding hydrogens is 294 g/mol. The van der Waals surface area contributed by atoms with Crippen LogP contribution >= 0.6 is 0 Å². The summed E-state index contributed by atoms with van der Waals surface area (Å²) < 4.78 is 5.50. The van der Waals surface area contributed by atoms with Crippen LogP contribution in [0.3, 0.4) is 0 Å². The molecule has 3 aromatic rings. The molecule has 1 aliphatic rings. The number of anilines is 1. The zero-order valence-corrected chi connectivity index (χ0v) is 12.8. The third-order valence-corrected chi connectivity index (χ3v) is 4.34. The number of aryl methyl sites for hydroxylation is 1. The van der Waals surface area contributed by atoms with Crippen LogP contribution in [0.2, 0.25) is 0 Å². The van der Waals surface area contributed by atoms with Gasteiger partial charge in [0.1, 0.15) is 11.1 Å². The summed E-state index contributed by atoms with van der Waals surface area (Å²) in [6, 6.07) is 7.83. The van der Waals surface area contributed by atoms with Gasteiger partial charge in [0.25, 0.3) is 11.5 Å². The van der Waals surface area contributed by atoms with Crippen molar-refractivity contribution in [3.8, 4) is 0 Å². The molecule has 0 unspecified atom stereocenters. The summed E-state index contributed by atoms with van der Waals surface area (Å²) >= 11 is 0. The molecule has 6 heteroatoms. The van der Waals surface area contributed by atoms with Gasteiger partial charge in [0.05, 0.1) is 11.9 Å². The van der Waals surface area contributed by atoms with Gasteiger partial charge >= 0.3 is 0 Å². The molecule has 4 rings (SSSR count). The molecule has 0 saturated heterocycles. The van der Waals surface area contributed by atoms with Gasteiger partial charge < -0.3 is 14.3 Å². The molecule has 1 aromatic carbocycles. The van der Waals surface area contributed by atoms with Crippen LogP contribution in [0.5, 0.6) is 0 Å². The Labute approximate surface area is 131 Å². The minimum absolute atomic E-state index is 0.190. The lowest BCUT2D eigenvalue weighted by atomic mass is 10.0. The van der Waals surface area contributed by atoms with E-state index in [2.05, 4.69) is 16.9 Å². The maximum Gasteiger partial charge on any atom is 0.262 e. The summed E-state index contributed by atoms with van der Waals surface area (Å²) in [5.74, 6) is 0.438. The summed E-state index contributed by atoms with van der Waals surface area (Å²) in [6.45, 7) is 4.35. The van der Waals surface area contributed by atoms with Crippen molar-refractivity contribution in [1.82, 2.24) is 9.97 Å². The summed E-state index contributed by atoms with van der Waals surface area (Å²) in [7, 11) is 0. The van der Waals surface area contributed by atoms with Gasteiger partial charge in [-0.15, -0.1) is 0 Å². The molecule has 0 aliphatic carbocycles. The number of H-pyrrole nitrogens is 1. The van der Waals surface area contributed by atoms with Crippen LogP contribution in [0.25, 0.3) is 11.1 Å². The number of aromatic nitrogens is 2. The topological polar surface area (TPSA) is 79.2 Å². The fraction of sp³-hybridized carbons (Fsp3) is 0.235. The Morgan fingerprint density at radius 2 is 2.17 bits per heavy atom. The zero-order chi connectivity index (χ0) is 16.1. The standard InChI is InChI=1S/C17H15N3O3/c1-9-7-20(12-6-4-3-5-11(9)12)17(22)13-10(2)23-16-14(13)15(21)18-8-19-16/h3-6,8-9H,7H2,1-2H3,(H,18,19,21)/t9-/m0/s1. The fourth-order valence-electron chi connectivity index (χ4n) is 3.26. The van der Waals surface area contributed by atoms with Gasteiger partial charge in [-0.1, -0.05) is 25.1 Å². The normalized spacial score (nSPS) is 16.8. The Kier molecular flexibility index (Phi) is 2.87. The van der Waals surface area contributed by atoms with Crippen LogP contribution in [0, 0.1) is 6.92 Å². The second kappa shape index (κ2) is 4.81. The van der Waals surface area contributed by atoms with Crippen LogP contribution < -0.4 is 10.5 Å². The number of furan rings is 1. The van der Waals surface area contributed by atoms with E-state index in [-0.39, 0.29) is 28.5 Å². The smallest absolute Gasteiger partial charge is 0.262 e. The number of carbonyl (C=O) groups excluding carboxylic acids is 1. The Hall–Kier alpha value is -2.89. The predicted octanol–water partition coefficient (Wildman–Crippen LogP) is 2.59. The molecule has 0 radical (unpaired) electrons. The summed E-state index contributed by atoms with van der Waals surface area (Å²) in [5.41, 5.74) is 2.14. The molecule has 116 valence electrons. The van der Waals surface area contributed by atoms with Crippen LogP contribution in [0.15, 0.2) is 39.8 Å². The molecule has 0 fully saturated rings. The summed E-state index contributed by atoms with van der Waals surface area (Å²) in [4.78, 5) is 33.4. The second-order valence-corrected chi connectivity index (χ2v) is 5.82. The molecule has 0 spiro atoms. The number of aromatic amines is 1. The summed E-state index contributed by atoms with van der Waals surface area (Å²) in [5, 5.41) is 0.215. The van der Waals surface area contributed by atoms with Crippen molar-refractivity contribution in [3.05, 3.63) is 57.8 Å². The first kappa shape index (κ1) is 13.8. The quantitative estimate of drug-likeness (QED) is 0.749. The number of nitrogens with one attached hydrogen (secondary N) is 1. The Balaban J connectivity index is 1.89. The number of hydrogen-bond donors (Lipinski definition) is 1. The first-order valence-electron chi connectivity index (χ1n) is 7.45. The molecule has 1 N–H and O–H groups in total. The predicted molar refractivity (Wildman–Crippen MR) is 85.9 cm³/mol. The van der Waals surface area contributed by atoms with Gasteiger partial charge in [-0.05, 0) is 18.6 Å². The Morgan fingerprint density at radius 3 is 3.00 bits per heavy atom. The van der Waals surface area contributed by atoms with E-state index in [4.69, 9.17) is 4.42 Å². The number of hydrogen-bond acceptors (Lipinski definition) is 4. The molecule has 6 nitrogen and oxygen atoms in total. The maximum absolute atomic E-state index is 13.1. The van der Waals surface area contributed by atoms with Crippen molar-refractivity contribution in [2.24, 2.45) is 0 Å². The highest BCUT2D eigenvalue weighted by atomic mass is 16.3. The Bertz CT molecular complexity index is 986. The average molecular weight is 309 g/mol. The Morgan fingerprint density at radius 1 is 1.39 bits per heavy atom. The lowest BCUT2D eigenvalue weighted by Gasteiger charge is -2.17. The highest BCUT2D eigenvalue weighted by Gasteiger charge is 2.33. The molecule has 2 aromatic heterocycles. The van der Waals surface area contributed by atoms with Crippen LogP contribution in [0.1, 0.15) is 34.5 Å². The SMILES string of the molecule is Cc1oc2nc[nH]c(=O)c2c1C(=O)N1C[C@H](C)c2ccccc21. The van der Waals surface area contributed by atoms with E-state index in [1.54, 1.807) is 11.8 Å². The van der Waals surface area contributed by atoms with E-state index in [1.165, 1.54) is 6.33 Å². The molecule has 1 atom stereocenters. The third-order valence-electron chi connectivity index (χ3n) is 4.34. The number of para-hydroxylation sites is 1. The average Bonchev–Trinajstić information content (AvgIpc) is 3.05. The molecule has 0 saturated carbocycles. The zero-order valence-electron chi connectivity index (χ0n) is 12.8. The molecule has 1 amide bonds. The van der Waals surface area contributed by atoms with Crippen molar-refractivity contribution in [2.45, 2.75) is 19.8 Å². The van der Waals surface area contributed by atoms with Crippen molar-refractivity contribution in [2.75, 3.05) is 11.4 Å². The number of carbonyl (C=O) groups is 1. The monoisotopic (exact) mass is 309 g/mol.